The van der Waals surface area contributed by atoms with Gasteiger partial charge in [-0.25, -0.2) is 0 Å². The first-order chi connectivity index (χ1) is 20.0. The maximum atomic E-state index is 6.66. The van der Waals surface area contributed by atoms with Gasteiger partial charge in [-0.15, -0.1) is 0 Å². The summed E-state index contributed by atoms with van der Waals surface area (Å²) >= 11 is 0. The zero-order chi connectivity index (χ0) is 30.7. The summed E-state index contributed by atoms with van der Waals surface area (Å²) in [4.78, 5) is 0. The van der Waals surface area contributed by atoms with Gasteiger partial charge in [0.25, 0.3) is 0 Å². The highest BCUT2D eigenvalue weighted by atomic mass is 14.7. The van der Waals surface area contributed by atoms with Crippen molar-refractivity contribution >= 4 is 5.57 Å². The Hall–Kier alpha value is -1.86. The van der Waals surface area contributed by atoms with E-state index in [0.29, 0.717) is 35.6 Å². The van der Waals surface area contributed by atoms with E-state index in [2.05, 4.69) is 111 Å². The molecule has 232 valence electrons. The predicted molar refractivity (Wildman–Crippen MR) is 185 cm³/mol. The molecule has 0 spiro atoms. The third-order valence-corrected chi connectivity index (χ3v) is 12.8. The lowest BCUT2D eigenvalue weighted by Crippen LogP contribution is -2.47. The summed E-state index contributed by atoms with van der Waals surface area (Å²) in [6.07, 6.45) is 8.59. The average molecular weight is 570 g/mol. The van der Waals surface area contributed by atoms with Crippen LogP contribution in [0.4, 0.5) is 0 Å². The molecular formula is C41H63N. The topological polar surface area (TPSA) is 26.0 Å². The minimum atomic E-state index is 0.340. The summed E-state index contributed by atoms with van der Waals surface area (Å²) in [5.41, 5.74) is 15.2. The van der Waals surface area contributed by atoms with E-state index in [-0.39, 0.29) is 0 Å². The van der Waals surface area contributed by atoms with Crippen LogP contribution in [0.15, 0.2) is 49.0 Å². The molecule has 1 unspecified atom stereocenters. The summed E-state index contributed by atoms with van der Waals surface area (Å²) in [5.74, 6) is 7.21. The van der Waals surface area contributed by atoms with Gasteiger partial charge in [0.1, 0.15) is 0 Å². The molecule has 4 rings (SSSR count). The summed E-state index contributed by atoms with van der Waals surface area (Å²) < 4.78 is 0. The van der Waals surface area contributed by atoms with E-state index < -0.39 is 0 Å². The Morgan fingerprint density at radius 1 is 0.738 bits per heavy atom. The van der Waals surface area contributed by atoms with Crippen molar-refractivity contribution in [2.75, 3.05) is 0 Å². The van der Waals surface area contributed by atoms with Crippen LogP contribution in [-0.4, -0.2) is 6.04 Å². The van der Waals surface area contributed by atoms with E-state index >= 15 is 0 Å². The van der Waals surface area contributed by atoms with E-state index in [1.165, 1.54) is 65.5 Å². The van der Waals surface area contributed by atoms with E-state index in [1.54, 1.807) is 0 Å². The summed E-state index contributed by atoms with van der Waals surface area (Å²) in [6, 6.07) is 17.1. The molecule has 0 heterocycles. The normalized spacial score (nSPS) is 34.2. The molecule has 0 saturated heterocycles. The van der Waals surface area contributed by atoms with Crippen LogP contribution in [0, 0.1) is 53.3 Å². The molecule has 2 aromatic carbocycles. The Kier molecular flexibility index (Phi) is 11.2. The number of rotatable bonds is 10. The first-order valence-electron chi connectivity index (χ1n) is 17.6. The smallest absolute Gasteiger partial charge is 0.00956 e. The minimum Gasteiger partial charge on any atom is -0.327 e. The zero-order valence-electron chi connectivity index (χ0n) is 28.6. The molecule has 0 aliphatic heterocycles. The molecule has 0 radical (unpaired) electrons. The Labute approximate surface area is 260 Å². The van der Waals surface area contributed by atoms with Gasteiger partial charge in [-0.2, -0.15) is 0 Å². The van der Waals surface area contributed by atoms with Crippen LogP contribution in [0.2, 0.25) is 0 Å². The van der Waals surface area contributed by atoms with Crippen molar-refractivity contribution in [2.24, 2.45) is 59.0 Å². The van der Waals surface area contributed by atoms with Gasteiger partial charge in [0.15, 0.2) is 0 Å². The maximum Gasteiger partial charge on any atom is 0.00956 e. The predicted octanol–water partition coefficient (Wildman–Crippen LogP) is 10.8. The third-order valence-electron chi connectivity index (χ3n) is 12.8. The second kappa shape index (κ2) is 14.3. The SMILES string of the molecule is C=C(C)c1c(CC(C)c2ccc(C[C@@H]3C[C@H](CC)[C@@H](C)[C@H](C)[C@H]3C)cc2)cccc1C[C@@H]1C[C@H](CC)[C@@H](N)[C@H](C)[C@H]1C. The monoisotopic (exact) mass is 569 g/mol. The highest BCUT2D eigenvalue weighted by Gasteiger charge is 2.38. The molecule has 2 saturated carbocycles. The van der Waals surface area contributed by atoms with Crippen molar-refractivity contribution in [1.82, 2.24) is 0 Å². The van der Waals surface area contributed by atoms with Crippen LogP contribution < -0.4 is 5.73 Å². The van der Waals surface area contributed by atoms with E-state index in [9.17, 15) is 0 Å². The molecule has 2 aliphatic rings. The molecular weight excluding hydrogens is 506 g/mol. The van der Waals surface area contributed by atoms with Crippen molar-refractivity contribution < 1.29 is 0 Å². The lowest BCUT2D eigenvalue weighted by molar-refractivity contribution is 0.0647. The zero-order valence-corrected chi connectivity index (χ0v) is 28.6. The Morgan fingerprint density at radius 3 is 1.90 bits per heavy atom. The van der Waals surface area contributed by atoms with Crippen LogP contribution >= 0.6 is 0 Å². The van der Waals surface area contributed by atoms with Gasteiger partial charge in [0.2, 0.25) is 0 Å². The minimum absolute atomic E-state index is 0.340. The summed E-state index contributed by atoms with van der Waals surface area (Å²) in [5, 5.41) is 0. The molecule has 1 heteroatoms. The van der Waals surface area contributed by atoms with Crippen molar-refractivity contribution in [1.29, 1.82) is 0 Å². The quantitative estimate of drug-likeness (QED) is 0.302. The standard InChI is InChI=1S/C41H63N/c1-11-33-22-38(29(8)27(6)28(33)7)21-32-16-18-35(19-17-32)26(5)20-36-14-13-15-37(40(36)25(3)4)24-39-23-34(12-2)41(42)31(10)30(39)9/h13-19,26-31,33-34,38-39,41H,3,11-12,20-24,42H2,1-2,4-10H3/t26?,27-,28-,29+,30+,31+,33-,34-,38+,39-,41-/m0/s1. The molecule has 0 amide bonds. The van der Waals surface area contributed by atoms with Crippen LogP contribution in [0.25, 0.3) is 5.57 Å². The fraction of sp³-hybridized carbons (Fsp3) is 0.659. The number of hydrogen-bond acceptors (Lipinski definition) is 1. The second-order valence-electron chi connectivity index (χ2n) is 15.2. The van der Waals surface area contributed by atoms with Gasteiger partial charge in [0, 0.05) is 6.04 Å². The van der Waals surface area contributed by atoms with Gasteiger partial charge < -0.3 is 5.73 Å². The first-order valence-corrected chi connectivity index (χ1v) is 17.6. The molecule has 2 aliphatic carbocycles. The van der Waals surface area contributed by atoms with Crippen LogP contribution in [0.3, 0.4) is 0 Å². The molecule has 1 nitrogen and oxygen atoms in total. The van der Waals surface area contributed by atoms with E-state index in [1.807, 2.05) is 0 Å². The lowest BCUT2D eigenvalue weighted by atomic mass is 9.62. The van der Waals surface area contributed by atoms with Crippen molar-refractivity contribution in [3.63, 3.8) is 0 Å². The van der Waals surface area contributed by atoms with Gasteiger partial charge in [-0.1, -0.05) is 123 Å². The number of allylic oxidation sites excluding steroid dienone is 1. The Bertz CT molecular complexity index is 1160. The van der Waals surface area contributed by atoms with Crippen LogP contribution in [0.1, 0.15) is 122 Å². The first kappa shape index (κ1) is 33.0. The summed E-state index contributed by atoms with van der Waals surface area (Å²) in [6.45, 7) is 26.1. The fourth-order valence-corrected chi connectivity index (χ4v) is 9.20. The molecule has 42 heavy (non-hydrogen) atoms. The van der Waals surface area contributed by atoms with E-state index in [0.717, 1.165) is 42.4 Å². The largest absolute Gasteiger partial charge is 0.327 e. The average Bonchev–Trinajstić information content (AvgIpc) is 2.97. The molecule has 2 N–H and O–H groups in total. The molecule has 11 atom stereocenters. The molecule has 0 aromatic heterocycles. The van der Waals surface area contributed by atoms with Gasteiger partial charge in [-0.3, -0.25) is 0 Å². The molecule has 2 aromatic rings. The number of hydrogen-bond donors (Lipinski definition) is 1. The van der Waals surface area contributed by atoms with Gasteiger partial charge in [0.05, 0.1) is 0 Å². The summed E-state index contributed by atoms with van der Waals surface area (Å²) in [7, 11) is 0. The number of benzene rings is 2. The van der Waals surface area contributed by atoms with Crippen molar-refractivity contribution in [3.8, 4) is 0 Å². The van der Waals surface area contributed by atoms with Crippen LogP contribution in [-0.2, 0) is 19.3 Å². The maximum absolute atomic E-state index is 6.66. The third kappa shape index (κ3) is 7.09. The highest BCUT2D eigenvalue weighted by Crippen LogP contribution is 2.45. The fourth-order valence-electron chi connectivity index (χ4n) is 9.20. The molecule has 2 fully saturated rings. The van der Waals surface area contributed by atoms with E-state index in [4.69, 9.17) is 5.73 Å². The van der Waals surface area contributed by atoms with Crippen LogP contribution in [0.5, 0.6) is 0 Å². The van der Waals surface area contributed by atoms with Gasteiger partial charge in [-0.05, 0) is 126 Å². The Morgan fingerprint density at radius 2 is 1.29 bits per heavy atom. The van der Waals surface area contributed by atoms with Gasteiger partial charge >= 0.3 is 0 Å². The van der Waals surface area contributed by atoms with Crippen molar-refractivity contribution in [2.45, 2.75) is 119 Å². The lowest BCUT2D eigenvalue weighted by Gasteiger charge is -2.44. The highest BCUT2D eigenvalue weighted by molar-refractivity contribution is 5.68. The van der Waals surface area contributed by atoms with Crippen molar-refractivity contribution in [3.05, 3.63) is 76.9 Å². The Balaban J connectivity index is 1.47. The number of nitrogens with two attached hydrogens (primary N) is 1. The molecule has 0 bridgehead atoms. The second-order valence-corrected chi connectivity index (χ2v) is 15.2.